The van der Waals surface area contributed by atoms with E-state index in [1.165, 1.54) is 28.0 Å². The van der Waals surface area contributed by atoms with E-state index in [0.717, 1.165) is 0 Å². The van der Waals surface area contributed by atoms with Crippen LogP contribution in [0.1, 0.15) is 19.4 Å². The van der Waals surface area contributed by atoms with E-state index in [1.807, 2.05) is 13.8 Å². The molecule has 0 aliphatic rings. The van der Waals surface area contributed by atoms with Gasteiger partial charge in [-0.2, -0.15) is 0 Å². The van der Waals surface area contributed by atoms with E-state index in [2.05, 4.69) is 91.0 Å². The van der Waals surface area contributed by atoms with Gasteiger partial charge in [0.15, 0.2) is 0 Å². The number of rotatable bonds is 6. The molecule has 4 aromatic rings. The molecule has 6 heteroatoms. The van der Waals surface area contributed by atoms with Crippen molar-refractivity contribution in [2.75, 3.05) is 0 Å². The molecule has 0 saturated carbocycles. The molecule has 0 saturated heterocycles. The molecule has 34 heavy (non-hydrogen) atoms. The summed E-state index contributed by atoms with van der Waals surface area (Å²) in [6.07, 6.45) is 0.0360. The van der Waals surface area contributed by atoms with Gasteiger partial charge in [-0.25, -0.2) is 0 Å². The maximum absolute atomic E-state index is 13.0. The van der Waals surface area contributed by atoms with Gasteiger partial charge in [0.25, 0.3) is 0 Å². The first-order chi connectivity index (χ1) is 16.4. The van der Waals surface area contributed by atoms with Gasteiger partial charge in [0, 0.05) is 0 Å². The van der Waals surface area contributed by atoms with Crippen LogP contribution in [-0.2, 0) is 13.5 Å². The Bertz CT molecular complexity index is 1090. The molecular formula is C28H27Cl2FOPRu+. The molecule has 4 rings (SSSR count). The molecule has 0 atom stereocenters. The molecule has 178 valence electrons. The van der Waals surface area contributed by atoms with Crippen LogP contribution in [0.25, 0.3) is 0 Å². The smallest absolute Gasteiger partial charge is 0.0620 e. The summed E-state index contributed by atoms with van der Waals surface area (Å²) in [6.45, 7) is 3.81. The Morgan fingerprint density at radius 3 is 1.56 bits per heavy atom. The Morgan fingerprint density at radius 1 is 0.735 bits per heavy atom. The van der Waals surface area contributed by atoms with Gasteiger partial charge in [0.1, 0.15) is 15.9 Å². The third kappa shape index (κ3) is 8.40. The van der Waals surface area contributed by atoms with E-state index >= 15 is 0 Å². The van der Waals surface area contributed by atoms with Gasteiger partial charge in [-0.3, -0.25) is 0 Å². The second kappa shape index (κ2) is 13.9. The monoisotopic (exact) mass is 601 g/mol. The Morgan fingerprint density at radius 2 is 1.18 bits per heavy atom. The summed E-state index contributed by atoms with van der Waals surface area (Å²) in [5, 5.41) is 4.31. The summed E-state index contributed by atoms with van der Waals surface area (Å²) >= 11 is -1.96. The fourth-order valence-corrected chi connectivity index (χ4v) is 7.72. The second-order valence-electron chi connectivity index (χ2n) is 7.63. The summed E-state index contributed by atoms with van der Waals surface area (Å²) in [7, 11) is 10.6. The largest absolute Gasteiger partial charge is 0.102 e. The van der Waals surface area contributed by atoms with Crippen LogP contribution in [-0.4, -0.2) is 10.7 Å². The van der Waals surface area contributed by atoms with Crippen molar-refractivity contribution in [1.29, 1.82) is 0 Å². The van der Waals surface area contributed by atoms with Crippen LogP contribution < -0.4 is 20.7 Å². The first-order valence-corrected chi connectivity index (χ1v) is 17.7. The maximum Gasteiger partial charge on any atom is 0.102 e. The normalized spacial score (nSPS) is 11.0. The summed E-state index contributed by atoms with van der Waals surface area (Å²) < 4.78 is 20.2. The second-order valence-corrected chi connectivity index (χ2v) is 15.8. The number of halogens is 3. The summed E-state index contributed by atoms with van der Waals surface area (Å²) in [6, 6.07) is 36.8. The molecule has 4 aromatic carbocycles. The van der Waals surface area contributed by atoms with Crippen LogP contribution in [0.4, 0.5) is 4.39 Å². The van der Waals surface area contributed by atoms with Crippen LogP contribution in [0.3, 0.4) is 0 Å². The van der Waals surface area contributed by atoms with Crippen LogP contribution in [0, 0.1) is 5.82 Å². The molecule has 0 unspecified atom stereocenters. The van der Waals surface area contributed by atoms with Crippen LogP contribution in [0.15, 0.2) is 109 Å². The van der Waals surface area contributed by atoms with Gasteiger partial charge >= 0.3 is 102 Å². The van der Waals surface area contributed by atoms with Crippen molar-refractivity contribution in [3.05, 3.63) is 121 Å². The van der Waals surface area contributed by atoms with Gasteiger partial charge < -0.3 is 0 Å². The standard InChI is InChI=1S/C18H15P.C10H11FO.2ClH.Ru/c1-4-10-16(11-5-1)19(17-12-6-2-7-13-17)18-14-8-3-9-15-18;1-7(2)12-10-5-4-9(11)6-8(10)3;;;/h1-15H;3-7H,1-2H3;2*1H;/q;;;;+2/p-1. The maximum atomic E-state index is 13.0. The van der Waals surface area contributed by atoms with E-state index in [1.54, 1.807) is 10.7 Å². The van der Waals surface area contributed by atoms with E-state index in [-0.39, 0.29) is 11.9 Å². The van der Waals surface area contributed by atoms with Crippen LogP contribution >= 0.6 is 27.3 Å². The molecule has 0 amide bonds. The minimum Gasteiger partial charge on any atom is -0.0620 e. The summed E-state index contributed by atoms with van der Waals surface area (Å²) in [4.78, 5) is 0. The molecule has 0 aromatic heterocycles. The van der Waals surface area contributed by atoms with Gasteiger partial charge in [0.2, 0.25) is 0 Å². The third-order valence-corrected chi connectivity index (χ3v) is 9.27. The van der Waals surface area contributed by atoms with E-state index in [0.29, 0.717) is 11.3 Å². The molecule has 0 heterocycles. The van der Waals surface area contributed by atoms with Crippen LogP contribution in [0.2, 0.25) is 0 Å². The van der Waals surface area contributed by atoms with E-state index in [4.69, 9.17) is 24.1 Å². The van der Waals surface area contributed by atoms with Gasteiger partial charge in [-0.15, -0.1) is 0 Å². The zero-order valence-corrected chi connectivity index (χ0v) is 23.2. The Hall–Kier alpha value is -1.89. The average Bonchev–Trinajstić information content (AvgIpc) is 2.83. The fraction of sp³-hybridized carbons (Fsp3) is 0.107. The van der Waals surface area contributed by atoms with Crippen molar-refractivity contribution in [3.63, 3.8) is 0 Å². The molecule has 0 bridgehead atoms. The topological polar surface area (TPSA) is 9.23 Å². The van der Waals surface area contributed by atoms with Gasteiger partial charge in [-0.05, 0) is 36.4 Å². The first-order valence-electron chi connectivity index (χ1n) is 10.8. The van der Waals surface area contributed by atoms with Gasteiger partial charge in [0.05, 0.1) is 7.92 Å². The Kier molecular flexibility index (Phi) is 10.9. The summed E-state index contributed by atoms with van der Waals surface area (Å²) in [5.41, 5.74) is 0.632. The van der Waals surface area contributed by atoms with E-state index in [9.17, 15) is 4.39 Å². The molecule has 0 radical (unpaired) electrons. The van der Waals surface area contributed by atoms with Crippen molar-refractivity contribution in [3.8, 4) is 5.75 Å². The zero-order valence-electron chi connectivity index (χ0n) is 18.9. The predicted molar refractivity (Wildman–Crippen MR) is 146 cm³/mol. The average molecular weight is 601 g/mol. The van der Waals surface area contributed by atoms with Crippen molar-refractivity contribution in [1.82, 2.24) is 0 Å². The quantitative estimate of drug-likeness (QED) is 0.173. The molecule has 0 spiro atoms. The minimum absolute atomic E-state index is 0.0360. The van der Waals surface area contributed by atoms with Gasteiger partial charge in [-0.1, -0.05) is 54.6 Å². The number of benzene rings is 4. The van der Waals surface area contributed by atoms with Crippen molar-refractivity contribution in [2.45, 2.75) is 20.0 Å². The molecular weight excluding hydrogens is 574 g/mol. The van der Waals surface area contributed by atoms with E-state index < -0.39 is 21.4 Å². The predicted octanol–water partition coefficient (Wildman–Crippen LogP) is 6.87. The Balaban J connectivity index is 0.000000197. The minimum atomic E-state index is -1.96. The summed E-state index contributed by atoms with van der Waals surface area (Å²) in [5.74, 6) is 0.299. The third-order valence-electron chi connectivity index (χ3n) is 4.71. The number of ether oxygens (including phenoxy) is 1. The van der Waals surface area contributed by atoms with Crippen molar-refractivity contribution >= 4 is 47.8 Å². The molecule has 0 N–H and O–H groups in total. The zero-order chi connectivity index (χ0) is 24.3. The number of hydrogen-bond acceptors (Lipinski definition) is 1. The van der Waals surface area contributed by atoms with Crippen molar-refractivity contribution in [2.24, 2.45) is 0 Å². The first kappa shape index (κ1) is 26.7. The van der Waals surface area contributed by atoms with Crippen molar-refractivity contribution < 1.29 is 22.6 Å². The SMILES string of the molecule is CC(C)Oc1ccc(F)cc1[CH]=[Ru]([Cl])[Cl].c1ccc([PH+](c2ccccc2)c2ccccc2)cc1. The molecule has 0 aliphatic heterocycles. The molecule has 0 fully saturated rings. The molecule has 1 nitrogen and oxygen atoms in total. The molecule has 0 aliphatic carbocycles. The van der Waals surface area contributed by atoms with Crippen LogP contribution in [0.5, 0.6) is 5.75 Å². The number of hydrogen-bond donors (Lipinski definition) is 0. The Labute approximate surface area is 215 Å². The fourth-order valence-electron chi connectivity index (χ4n) is 3.36.